The average molecular weight is 311 g/mol. The topological polar surface area (TPSA) is 70.2 Å². The molecule has 0 saturated carbocycles. The fraction of sp³-hybridized carbons (Fsp3) is 0.118. The number of anilines is 2. The number of hydrogen-bond acceptors (Lipinski definition) is 4. The lowest BCUT2D eigenvalue weighted by atomic mass is 10.1. The van der Waals surface area contributed by atoms with Crippen LogP contribution in [-0.4, -0.2) is 22.4 Å². The molecule has 0 saturated heterocycles. The summed E-state index contributed by atoms with van der Waals surface area (Å²) in [7, 11) is 1.52. The minimum absolute atomic E-state index is 0.0911. The van der Waals surface area contributed by atoms with Gasteiger partial charge in [0, 0.05) is 23.2 Å². The maximum absolute atomic E-state index is 13.3. The Kier molecular flexibility index (Phi) is 2.97. The summed E-state index contributed by atoms with van der Waals surface area (Å²) in [6.45, 7) is 0. The van der Waals surface area contributed by atoms with Crippen LogP contribution in [0.3, 0.4) is 0 Å². The van der Waals surface area contributed by atoms with Crippen LogP contribution in [0.2, 0.25) is 0 Å². The number of benzene rings is 2. The van der Waals surface area contributed by atoms with Crippen LogP contribution in [0.4, 0.5) is 15.9 Å². The Hall–Kier alpha value is -3.02. The van der Waals surface area contributed by atoms with Gasteiger partial charge >= 0.3 is 0 Å². The predicted octanol–water partition coefficient (Wildman–Crippen LogP) is 3.58. The van der Waals surface area contributed by atoms with Crippen molar-refractivity contribution < 1.29 is 14.2 Å². The zero-order chi connectivity index (χ0) is 16.0. The van der Waals surface area contributed by atoms with Crippen LogP contribution in [0.15, 0.2) is 36.4 Å². The highest BCUT2D eigenvalue weighted by molar-refractivity contribution is 5.81. The van der Waals surface area contributed by atoms with E-state index in [0.29, 0.717) is 23.7 Å². The van der Waals surface area contributed by atoms with E-state index >= 15 is 0 Å². The lowest BCUT2D eigenvalue weighted by Crippen LogP contribution is -1.95. The molecular formula is C17H14FN3O2. The largest absolute Gasteiger partial charge is 0.504 e. The molecule has 23 heavy (non-hydrogen) atoms. The molecule has 2 aromatic carbocycles. The number of fused-ring (bicyclic) bond motifs is 3. The quantitative estimate of drug-likeness (QED) is 0.541. The van der Waals surface area contributed by atoms with Gasteiger partial charge in [0.25, 0.3) is 0 Å². The SMILES string of the molecule is COc1cc2c(cc1O)-c1[nH]nc(Nc3cccc(F)c3)c1C2. The molecule has 0 aliphatic heterocycles. The van der Waals surface area contributed by atoms with Gasteiger partial charge in [-0.05, 0) is 35.9 Å². The van der Waals surface area contributed by atoms with E-state index in [1.807, 2.05) is 6.07 Å². The van der Waals surface area contributed by atoms with Crippen molar-refractivity contribution in [3.63, 3.8) is 0 Å². The molecule has 0 amide bonds. The third-order valence-corrected chi connectivity index (χ3v) is 4.00. The Morgan fingerprint density at radius 1 is 1.30 bits per heavy atom. The van der Waals surface area contributed by atoms with E-state index in [4.69, 9.17) is 4.74 Å². The maximum atomic E-state index is 13.3. The van der Waals surface area contributed by atoms with E-state index in [-0.39, 0.29) is 11.6 Å². The molecular weight excluding hydrogens is 297 g/mol. The Labute approximate surface area is 131 Å². The Balaban J connectivity index is 1.71. The normalized spacial score (nSPS) is 11.9. The molecule has 1 aliphatic rings. The highest BCUT2D eigenvalue weighted by atomic mass is 19.1. The molecule has 0 fully saturated rings. The van der Waals surface area contributed by atoms with Crippen molar-refractivity contribution in [2.75, 3.05) is 12.4 Å². The number of halogens is 1. The summed E-state index contributed by atoms with van der Waals surface area (Å²) in [4.78, 5) is 0. The molecule has 0 atom stereocenters. The summed E-state index contributed by atoms with van der Waals surface area (Å²) < 4.78 is 18.5. The van der Waals surface area contributed by atoms with Gasteiger partial charge < -0.3 is 15.2 Å². The second kappa shape index (κ2) is 5.01. The molecule has 116 valence electrons. The minimum atomic E-state index is -0.305. The lowest BCUT2D eigenvalue weighted by molar-refractivity contribution is 0.373. The van der Waals surface area contributed by atoms with E-state index < -0.39 is 0 Å². The molecule has 1 aromatic heterocycles. The first-order valence-corrected chi connectivity index (χ1v) is 7.16. The molecule has 1 aliphatic carbocycles. The van der Waals surface area contributed by atoms with Gasteiger partial charge in [-0.3, -0.25) is 5.10 Å². The van der Waals surface area contributed by atoms with Crippen LogP contribution in [0, 0.1) is 5.82 Å². The second-order valence-corrected chi connectivity index (χ2v) is 5.42. The number of hydrogen-bond donors (Lipinski definition) is 3. The fourth-order valence-corrected chi connectivity index (χ4v) is 2.91. The van der Waals surface area contributed by atoms with Crippen molar-refractivity contribution in [2.24, 2.45) is 0 Å². The maximum Gasteiger partial charge on any atom is 0.160 e. The van der Waals surface area contributed by atoms with Crippen LogP contribution >= 0.6 is 0 Å². The summed E-state index contributed by atoms with van der Waals surface area (Å²) in [6, 6.07) is 9.72. The number of aromatic hydroxyl groups is 1. The van der Waals surface area contributed by atoms with Gasteiger partial charge in [0.1, 0.15) is 5.82 Å². The number of phenols is 1. The van der Waals surface area contributed by atoms with Gasteiger partial charge in [0.15, 0.2) is 17.3 Å². The van der Waals surface area contributed by atoms with E-state index in [0.717, 1.165) is 22.4 Å². The molecule has 1 heterocycles. The van der Waals surface area contributed by atoms with E-state index in [9.17, 15) is 9.50 Å². The van der Waals surface area contributed by atoms with Gasteiger partial charge in [0.2, 0.25) is 0 Å². The molecule has 4 rings (SSSR count). The van der Waals surface area contributed by atoms with Gasteiger partial charge in [-0.2, -0.15) is 5.10 Å². The minimum Gasteiger partial charge on any atom is -0.504 e. The summed E-state index contributed by atoms with van der Waals surface area (Å²) in [5, 5.41) is 20.3. The van der Waals surface area contributed by atoms with E-state index in [1.54, 1.807) is 18.2 Å². The van der Waals surface area contributed by atoms with Crippen molar-refractivity contribution in [3.8, 4) is 22.8 Å². The molecule has 0 bridgehead atoms. The molecule has 6 heteroatoms. The third-order valence-electron chi connectivity index (χ3n) is 4.00. The zero-order valence-corrected chi connectivity index (χ0v) is 12.4. The van der Waals surface area contributed by atoms with Crippen LogP contribution < -0.4 is 10.1 Å². The van der Waals surface area contributed by atoms with E-state index in [1.165, 1.54) is 19.2 Å². The Morgan fingerprint density at radius 3 is 2.96 bits per heavy atom. The van der Waals surface area contributed by atoms with Crippen molar-refractivity contribution in [1.29, 1.82) is 0 Å². The van der Waals surface area contributed by atoms with E-state index in [2.05, 4.69) is 15.5 Å². The number of nitrogens with one attached hydrogen (secondary N) is 2. The Morgan fingerprint density at radius 2 is 2.17 bits per heavy atom. The number of phenolic OH excluding ortho intramolecular Hbond substituents is 1. The van der Waals surface area contributed by atoms with Crippen molar-refractivity contribution in [2.45, 2.75) is 6.42 Å². The smallest absolute Gasteiger partial charge is 0.160 e. The van der Waals surface area contributed by atoms with Crippen molar-refractivity contribution >= 4 is 11.5 Å². The van der Waals surface area contributed by atoms with Crippen molar-refractivity contribution in [1.82, 2.24) is 10.2 Å². The number of ether oxygens (including phenoxy) is 1. The highest BCUT2D eigenvalue weighted by Gasteiger charge is 2.26. The third kappa shape index (κ3) is 2.19. The van der Waals surface area contributed by atoms with Crippen molar-refractivity contribution in [3.05, 3.63) is 53.3 Å². The number of aromatic amines is 1. The first kappa shape index (κ1) is 13.6. The molecule has 0 spiro atoms. The molecule has 3 aromatic rings. The lowest BCUT2D eigenvalue weighted by Gasteiger charge is -2.07. The van der Waals surface area contributed by atoms with Crippen LogP contribution in [-0.2, 0) is 6.42 Å². The Bertz CT molecular complexity index is 905. The number of H-pyrrole nitrogens is 1. The predicted molar refractivity (Wildman–Crippen MR) is 84.7 cm³/mol. The van der Waals surface area contributed by atoms with Gasteiger partial charge in [-0.25, -0.2) is 4.39 Å². The number of nitrogens with zero attached hydrogens (tertiary/aromatic N) is 1. The summed E-state index contributed by atoms with van der Waals surface area (Å²) in [5.74, 6) is 0.884. The molecule has 0 unspecified atom stereocenters. The molecule has 5 nitrogen and oxygen atoms in total. The number of aromatic nitrogens is 2. The second-order valence-electron chi connectivity index (χ2n) is 5.42. The first-order valence-electron chi connectivity index (χ1n) is 7.16. The van der Waals surface area contributed by atoms with Gasteiger partial charge in [-0.1, -0.05) is 6.07 Å². The summed E-state index contributed by atoms with van der Waals surface area (Å²) in [6.07, 6.45) is 0.662. The van der Waals surface area contributed by atoms with Crippen LogP contribution in [0.5, 0.6) is 11.5 Å². The number of rotatable bonds is 3. The molecule has 3 N–H and O–H groups in total. The van der Waals surface area contributed by atoms with Crippen LogP contribution in [0.1, 0.15) is 11.1 Å². The fourth-order valence-electron chi connectivity index (χ4n) is 2.91. The van der Waals surface area contributed by atoms with Crippen LogP contribution in [0.25, 0.3) is 11.3 Å². The number of methoxy groups -OCH3 is 1. The summed E-state index contributed by atoms with van der Waals surface area (Å²) >= 11 is 0. The monoisotopic (exact) mass is 311 g/mol. The zero-order valence-electron chi connectivity index (χ0n) is 12.4. The molecule has 0 radical (unpaired) electrons. The van der Waals surface area contributed by atoms with Gasteiger partial charge in [0.05, 0.1) is 12.8 Å². The standard InChI is InChI=1S/C17H14FN3O2/c1-23-15-6-9-5-13-16(12(9)8-14(15)22)20-21-17(13)19-11-4-2-3-10(18)7-11/h2-4,6-8,22H,5H2,1H3,(H2,19,20,21). The average Bonchev–Trinajstić information content (AvgIpc) is 3.07. The summed E-state index contributed by atoms with van der Waals surface area (Å²) in [5.41, 5.74) is 4.42. The first-order chi connectivity index (χ1) is 11.2. The highest BCUT2D eigenvalue weighted by Crippen LogP contribution is 2.43. The van der Waals surface area contributed by atoms with Gasteiger partial charge in [-0.15, -0.1) is 0 Å².